The maximum atomic E-state index is 12.5. The van der Waals surface area contributed by atoms with Crippen LogP contribution in [0.25, 0.3) is 0 Å². The molecule has 2 amide bonds. The number of hydrogen-bond donors (Lipinski definition) is 1. The summed E-state index contributed by atoms with van der Waals surface area (Å²) in [6, 6.07) is 10.8. The van der Waals surface area contributed by atoms with Crippen molar-refractivity contribution in [3.63, 3.8) is 0 Å². The van der Waals surface area contributed by atoms with Crippen LogP contribution in [0.3, 0.4) is 0 Å². The van der Waals surface area contributed by atoms with Crippen molar-refractivity contribution in [3.8, 4) is 5.75 Å². The molecule has 28 heavy (non-hydrogen) atoms. The average molecular weight is 403 g/mol. The maximum absolute atomic E-state index is 12.5. The normalized spacial score (nSPS) is 13.9. The van der Waals surface area contributed by atoms with E-state index in [2.05, 4.69) is 5.32 Å². The van der Waals surface area contributed by atoms with Crippen LogP contribution in [0.2, 0.25) is 0 Å². The van der Waals surface area contributed by atoms with Gasteiger partial charge in [0, 0.05) is 31.9 Å². The number of rotatable bonds is 5. The van der Waals surface area contributed by atoms with Crippen LogP contribution < -0.4 is 15.0 Å². The summed E-state index contributed by atoms with van der Waals surface area (Å²) in [5.74, 6) is 0.0497. The van der Waals surface area contributed by atoms with Crippen LogP contribution in [0.5, 0.6) is 5.75 Å². The molecule has 0 bridgehead atoms. The predicted octanol–water partition coefficient (Wildman–Crippen LogP) is 1.93. The minimum absolute atomic E-state index is 0.00521. The summed E-state index contributed by atoms with van der Waals surface area (Å²) in [7, 11) is -0.663. The smallest absolute Gasteiger partial charge is 0.265 e. The van der Waals surface area contributed by atoms with Crippen LogP contribution in [0.4, 0.5) is 11.4 Å². The lowest BCUT2D eigenvalue weighted by atomic mass is 10.2. The Morgan fingerprint density at radius 1 is 1.18 bits per heavy atom. The molecule has 8 nitrogen and oxygen atoms in total. The van der Waals surface area contributed by atoms with E-state index in [4.69, 9.17) is 4.74 Å². The van der Waals surface area contributed by atoms with Gasteiger partial charge in [-0.25, -0.2) is 12.7 Å². The standard InChI is InChI=1S/C19H21N3O5S/c1-4-22-16-11-14(7-10-17(16)27-12-18(22)23)20-19(24)13-5-8-15(9-6-13)28(25,26)21(2)3/h5-11H,4,12H2,1-3H3,(H,20,24). The molecule has 1 heterocycles. The monoisotopic (exact) mass is 403 g/mol. The lowest BCUT2D eigenvalue weighted by Gasteiger charge is -2.28. The highest BCUT2D eigenvalue weighted by molar-refractivity contribution is 7.89. The summed E-state index contributed by atoms with van der Waals surface area (Å²) in [6.45, 7) is 2.35. The number of carbonyl (C=O) groups is 2. The molecule has 1 aliphatic rings. The minimum Gasteiger partial charge on any atom is -0.482 e. The van der Waals surface area contributed by atoms with Gasteiger partial charge in [0.15, 0.2) is 6.61 Å². The van der Waals surface area contributed by atoms with Crippen LogP contribution in [0.1, 0.15) is 17.3 Å². The number of nitrogens with one attached hydrogen (secondary N) is 1. The Morgan fingerprint density at radius 3 is 2.46 bits per heavy atom. The molecule has 0 saturated carbocycles. The average Bonchev–Trinajstić information content (AvgIpc) is 2.67. The van der Waals surface area contributed by atoms with Crippen LogP contribution in [0, 0.1) is 0 Å². The van der Waals surface area contributed by atoms with Crippen molar-refractivity contribution in [1.29, 1.82) is 0 Å². The number of benzene rings is 2. The molecule has 0 saturated heterocycles. The summed E-state index contributed by atoms with van der Waals surface area (Å²) in [5.41, 5.74) is 1.42. The number of sulfonamides is 1. The number of amides is 2. The molecule has 9 heteroatoms. The fourth-order valence-corrected chi connectivity index (χ4v) is 3.72. The molecule has 1 aliphatic heterocycles. The van der Waals surface area contributed by atoms with Gasteiger partial charge in [-0.2, -0.15) is 0 Å². The zero-order chi connectivity index (χ0) is 20.5. The fraction of sp³-hybridized carbons (Fsp3) is 0.263. The van der Waals surface area contributed by atoms with Crippen LogP contribution >= 0.6 is 0 Å². The highest BCUT2D eigenvalue weighted by Crippen LogP contribution is 2.34. The Bertz CT molecular complexity index is 1020. The summed E-state index contributed by atoms with van der Waals surface area (Å²) < 4.78 is 30.7. The summed E-state index contributed by atoms with van der Waals surface area (Å²) in [5, 5.41) is 2.76. The second kappa shape index (κ2) is 7.61. The topological polar surface area (TPSA) is 96.0 Å². The van der Waals surface area contributed by atoms with Crippen molar-refractivity contribution in [2.75, 3.05) is 37.5 Å². The lowest BCUT2D eigenvalue weighted by Crippen LogP contribution is -2.38. The van der Waals surface area contributed by atoms with Gasteiger partial charge in [0.2, 0.25) is 10.0 Å². The Hall–Kier alpha value is -2.91. The Kier molecular flexibility index (Phi) is 5.39. The van der Waals surface area contributed by atoms with Gasteiger partial charge in [-0.1, -0.05) is 0 Å². The number of nitrogens with zero attached hydrogens (tertiary/aromatic N) is 2. The molecule has 0 aliphatic carbocycles. The molecule has 0 unspecified atom stereocenters. The largest absolute Gasteiger partial charge is 0.482 e. The molecule has 3 rings (SSSR count). The lowest BCUT2D eigenvalue weighted by molar-refractivity contribution is -0.121. The number of hydrogen-bond acceptors (Lipinski definition) is 5. The van der Waals surface area contributed by atoms with Crippen LogP contribution in [-0.2, 0) is 14.8 Å². The fourth-order valence-electron chi connectivity index (χ4n) is 2.82. The third-order valence-electron chi connectivity index (χ3n) is 4.37. The van der Waals surface area contributed by atoms with Gasteiger partial charge in [-0.05, 0) is 49.4 Å². The van der Waals surface area contributed by atoms with Crippen molar-refractivity contribution in [2.24, 2.45) is 0 Å². The van der Waals surface area contributed by atoms with Crippen molar-refractivity contribution < 1.29 is 22.7 Å². The van der Waals surface area contributed by atoms with E-state index < -0.39 is 10.0 Å². The Balaban J connectivity index is 1.80. The van der Waals surface area contributed by atoms with E-state index >= 15 is 0 Å². The van der Waals surface area contributed by atoms with Crippen molar-refractivity contribution in [3.05, 3.63) is 48.0 Å². The van der Waals surface area contributed by atoms with E-state index in [1.54, 1.807) is 23.1 Å². The molecule has 2 aromatic rings. The van der Waals surface area contributed by atoms with E-state index in [0.29, 0.717) is 29.2 Å². The number of fused-ring (bicyclic) bond motifs is 1. The zero-order valence-electron chi connectivity index (χ0n) is 15.8. The maximum Gasteiger partial charge on any atom is 0.265 e. The number of ether oxygens (including phenoxy) is 1. The molecule has 0 fully saturated rings. The molecule has 0 radical (unpaired) electrons. The van der Waals surface area contributed by atoms with E-state index in [0.717, 1.165) is 4.31 Å². The third-order valence-corrected chi connectivity index (χ3v) is 6.20. The summed E-state index contributed by atoms with van der Waals surface area (Å²) >= 11 is 0. The second-order valence-electron chi connectivity index (χ2n) is 6.38. The van der Waals surface area contributed by atoms with Gasteiger partial charge in [0.1, 0.15) is 5.75 Å². The first kappa shape index (κ1) is 19.8. The summed E-state index contributed by atoms with van der Waals surface area (Å²) in [4.78, 5) is 26.2. The molecule has 0 aromatic heterocycles. The molecule has 0 spiro atoms. The van der Waals surface area contributed by atoms with Crippen LogP contribution in [0.15, 0.2) is 47.4 Å². The molecule has 148 valence electrons. The number of carbonyl (C=O) groups excluding carboxylic acids is 2. The van der Waals surface area contributed by atoms with E-state index in [1.165, 1.54) is 38.4 Å². The van der Waals surface area contributed by atoms with Gasteiger partial charge in [0.05, 0.1) is 10.6 Å². The second-order valence-corrected chi connectivity index (χ2v) is 8.53. The van der Waals surface area contributed by atoms with Gasteiger partial charge < -0.3 is 15.0 Å². The highest BCUT2D eigenvalue weighted by atomic mass is 32.2. The first-order chi connectivity index (χ1) is 13.2. The third kappa shape index (κ3) is 3.71. The Labute approximate surface area is 163 Å². The van der Waals surface area contributed by atoms with E-state index in [9.17, 15) is 18.0 Å². The van der Waals surface area contributed by atoms with Gasteiger partial charge in [-0.3, -0.25) is 9.59 Å². The molecule has 0 atom stereocenters. The van der Waals surface area contributed by atoms with Gasteiger partial charge in [0.25, 0.3) is 11.8 Å². The molecule has 1 N–H and O–H groups in total. The number of likely N-dealkylation sites (N-methyl/N-ethyl adjacent to an activating group) is 1. The predicted molar refractivity (Wildman–Crippen MR) is 105 cm³/mol. The zero-order valence-corrected chi connectivity index (χ0v) is 16.6. The first-order valence-corrected chi connectivity index (χ1v) is 10.1. The Morgan fingerprint density at radius 2 is 1.86 bits per heavy atom. The van der Waals surface area contributed by atoms with Crippen molar-refractivity contribution in [1.82, 2.24) is 4.31 Å². The molecular weight excluding hydrogens is 382 g/mol. The highest BCUT2D eigenvalue weighted by Gasteiger charge is 2.24. The minimum atomic E-state index is -3.55. The van der Waals surface area contributed by atoms with Crippen molar-refractivity contribution in [2.45, 2.75) is 11.8 Å². The van der Waals surface area contributed by atoms with Crippen molar-refractivity contribution >= 4 is 33.2 Å². The van der Waals surface area contributed by atoms with Gasteiger partial charge in [-0.15, -0.1) is 0 Å². The van der Waals surface area contributed by atoms with Gasteiger partial charge >= 0.3 is 0 Å². The first-order valence-electron chi connectivity index (χ1n) is 8.65. The number of anilines is 2. The summed E-state index contributed by atoms with van der Waals surface area (Å²) in [6.07, 6.45) is 0. The molecule has 2 aromatic carbocycles. The quantitative estimate of drug-likeness (QED) is 0.823. The molecular formula is C19H21N3O5S. The van der Waals surface area contributed by atoms with Crippen LogP contribution in [-0.4, -0.2) is 51.8 Å². The van der Waals surface area contributed by atoms with E-state index in [-0.39, 0.29) is 23.3 Å². The SMILES string of the molecule is CCN1C(=O)COc2ccc(NC(=O)c3ccc(S(=O)(=O)N(C)C)cc3)cc21. The van der Waals surface area contributed by atoms with E-state index in [1.807, 2.05) is 6.92 Å².